The predicted octanol–water partition coefficient (Wildman–Crippen LogP) is 0.348. The van der Waals surface area contributed by atoms with Gasteiger partial charge in [-0.3, -0.25) is 19.3 Å². The van der Waals surface area contributed by atoms with Crippen LogP contribution in [0.5, 0.6) is 0 Å². The maximum Gasteiger partial charge on any atom is 0.252 e. The van der Waals surface area contributed by atoms with E-state index in [1.807, 2.05) is 19.4 Å². The van der Waals surface area contributed by atoms with Crippen LogP contribution >= 0.6 is 0 Å². The van der Waals surface area contributed by atoms with Crippen LogP contribution in [0.4, 0.5) is 0 Å². The minimum atomic E-state index is -1.22. The first-order valence-corrected chi connectivity index (χ1v) is 9.45. The number of amides is 1. The van der Waals surface area contributed by atoms with E-state index < -0.39 is 5.60 Å². The molecule has 0 bridgehead atoms. The molecule has 3 heterocycles. The zero-order chi connectivity index (χ0) is 17.9. The van der Waals surface area contributed by atoms with Crippen molar-refractivity contribution in [3.8, 4) is 0 Å². The summed E-state index contributed by atoms with van der Waals surface area (Å²) < 4.78 is 1.80. The standard InChI is InChI=1S/C18H31N5O2/c1-3-23-8-4-5-16(23)12-19-17(24)18(25)6-9-22(10-7-18)14-15-11-20-21(2)13-15/h11,13,16,25H,3-10,12,14H2,1-2H3,(H,19,24). The summed E-state index contributed by atoms with van der Waals surface area (Å²) in [7, 11) is 1.91. The number of aromatic nitrogens is 2. The first-order valence-electron chi connectivity index (χ1n) is 9.45. The van der Waals surface area contributed by atoms with Crippen molar-refractivity contribution in [2.75, 3.05) is 32.7 Å². The predicted molar refractivity (Wildman–Crippen MR) is 95.9 cm³/mol. The Kier molecular flexibility index (Phi) is 5.76. The van der Waals surface area contributed by atoms with Crippen LogP contribution in [0.3, 0.4) is 0 Å². The molecule has 0 spiro atoms. The van der Waals surface area contributed by atoms with Crippen molar-refractivity contribution >= 4 is 5.91 Å². The van der Waals surface area contributed by atoms with Crippen LogP contribution in [0.2, 0.25) is 0 Å². The smallest absolute Gasteiger partial charge is 0.252 e. The second kappa shape index (κ2) is 7.85. The summed E-state index contributed by atoms with van der Waals surface area (Å²) in [6.45, 7) is 7.21. The van der Waals surface area contributed by atoms with E-state index in [0.717, 1.165) is 39.1 Å². The number of hydrogen-bond acceptors (Lipinski definition) is 5. The molecule has 0 saturated carbocycles. The Hall–Kier alpha value is -1.44. The molecule has 25 heavy (non-hydrogen) atoms. The van der Waals surface area contributed by atoms with Crippen molar-refractivity contribution in [1.29, 1.82) is 0 Å². The van der Waals surface area contributed by atoms with Crippen molar-refractivity contribution in [2.45, 2.75) is 50.8 Å². The average Bonchev–Trinajstić information content (AvgIpc) is 3.23. The summed E-state index contributed by atoms with van der Waals surface area (Å²) in [5.74, 6) is -0.198. The second-order valence-corrected chi connectivity index (χ2v) is 7.46. The van der Waals surface area contributed by atoms with E-state index in [-0.39, 0.29) is 5.91 Å². The Bertz CT molecular complexity index is 580. The fourth-order valence-electron chi connectivity index (χ4n) is 4.04. The van der Waals surface area contributed by atoms with Crippen LogP contribution in [-0.2, 0) is 18.4 Å². The topological polar surface area (TPSA) is 73.6 Å². The van der Waals surface area contributed by atoms with E-state index in [1.165, 1.54) is 12.0 Å². The summed E-state index contributed by atoms with van der Waals surface area (Å²) in [6.07, 6.45) is 7.18. The van der Waals surface area contributed by atoms with Crippen LogP contribution in [0.15, 0.2) is 12.4 Å². The number of piperidine rings is 1. The van der Waals surface area contributed by atoms with E-state index in [0.29, 0.717) is 25.4 Å². The Morgan fingerprint density at radius 2 is 2.16 bits per heavy atom. The van der Waals surface area contributed by atoms with Crippen molar-refractivity contribution in [2.24, 2.45) is 7.05 Å². The second-order valence-electron chi connectivity index (χ2n) is 7.46. The first-order chi connectivity index (χ1) is 12.0. The van der Waals surface area contributed by atoms with Gasteiger partial charge in [0.25, 0.3) is 5.91 Å². The Labute approximate surface area is 150 Å². The number of nitrogens with zero attached hydrogens (tertiary/aromatic N) is 4. The fourth-order valence-corrected chi connectivity index (χ4v) is 4.04. The number of carbonyl (C=O) groups is 1. The monoisotopic (exact) mass is 349 g/mol. The van der Waals surface area contributed by atoms with Gasteiger partial charge in [0, 0.05) is 51.0 Å². The minimum absolute atomic E-state index is 0.198. The molecule has 0 radical (unpaired) electrons. The van der Waals surface area contributed by atoms with Gasteiger partial charge in [-0.05, 0) is 38.8 Å². The Balaban J connectivity index is 1.45. The molecule has 1 atom stereocenters. The van der Waals surface area contributed by atoms with Gasteiger partial charge >= 0.3 is 0 Å². The molecular formula is C18H31N5O2. The Morgan fingerprint density at radius 1 is 1.40 bits per heavy atom. The minimum Gasteiger partial charge on any atom is -0.380 e. The lowest BCUT2D eigenvalue weighted by molar-refractivity contribution is -0.145. The van der Waals surface area contributed by atoms with E-state index in [4.69, 9.17) is 0 Å². The third-order valence-electron chi connectivity index (χ3n) is 5.67. The van der Waals surface area contributed by atoms with Gasteiger partial charge in [-0.1, -0.05) is 6.92 Å². The zero-order valence-electron chi connectivity index (χ0n) is 15.4. The highest BCUT2D eigenvalue weighted by Crippen LogP contribution is 2.24. The maximum atomic E-state index is 12.5. The number of aliphatic hydroxyl groups is 1. The number of hydrogen-bond donors (Lipinski definition) is 2. The molecule has 0 aromatic carbocycles. The number of rotatable bonds is 6. The van der Waals surface area contributed by atoms with Crippen molar-refractivity contribution in [1.82, 2.24) is 24.9 Å². The lowest BCUT2D eigenvalue weighted by atomic mass is 9.90. The summed E-state index contributed by atoms with van der Waals surface area (Å²) >= 11 is 0. The van der Waals surface area contributed by atoms with Gasteiger partial charge in [0.1, 0.15) is 5.60 Å². The van der Waals surface area contributed by atoms with Crippen LogP contribution in [0.1, 0.15) is 38.2 Å². The molecule has 7 heteroatoms. The highest BCUT2D eigenvalue weighted by molar-refractivity contribution is 5.85. The largest absolute Gasteiger partial charge is 0.380 e. The summed E-state index contributed by atoms with van der Waals surface area (Å²) in [5.41, 5.74) is -0.0561. The van der Waals surface area contributed by atoms with Crippen LogP contribution in [0.25, 0.3) is 0 Å². The summed E-state index contributed by atoms with van der Waals surface area (Å²) in [6, 6.07) is 0.420. The van der Waals surface area contributed by atoms with Gasteiger partial charge in [0.2, 0.25) is 0 Å². The van der Waals surface area contributed by atoms with Gasteiger partial charge in [0.15, 0.2) is 0 Å². The van der Waals surface area contributed by atoms with Gasteiger partial charge in [-0.25, -0.2) is 0 Å². The van der Waals surface area contributed by atoms with Gasteiger partial charge < -0.3 is 10.4 Å². The summed E-state index contributed by atoms with van der Waals surface area (Å²) in [4.78, 5) is 17.2. The average molecular weight is 349 g/mol. The normalized spacial score (nSPS) is 24.5. The Morgan fingerprint density at radius 3 is 2.80 bits per heavy atom. The molecule has 2 aliphatic heterocycles. The molecule has 2 N–H and O–H groups in total. The molecule has 2 saturated heterocycles. The first kappa shape index (κ1) is 18.4. The highest BCUT2D eigenvalue weighted by atomic mass is 16.3. The van der Waals surface area contributed by atoms with E-state index in [9.17, 15) is 9.90 Å². The highest BCUT2D eigenvalue weighted by Gasteiger charge is 2.39. The number of likely N-dealkylation sites (tertiary alicyclic amines) is 2. The molecular weight excluding hydrogens is 318 g/mol. The third-order valence-corrected chi connectivity index (χ3v) is 5.67. The molecule has 140 valence electrons. The molecule has 1 aromatic rings. The van der Waals surface area contributed by atoms with Crippen LogP contribution < -0.4 is 5.32 Å². The summed E-state index contributed by atoms with van der Waals surface area (Å²) in [5, 5.41) is 17.9. The SMILES string of the molecule is CCN1CCCC1CNC(=O)C1(O)CCN(Cc2cnn(C)c2)CC1. The number of carbonyl (C=O) groups excluding carboxylic acids is 1. The van der Waals surface area contributed by atoms with Crippen molar-refractivity contribution < 1.29 is 9.90 Å². The van der Waals surface area contributed by atoms with Gasteiger partial charge in [0.05, 0.1) is 6.20 Å². The fraction of sp³-hybridized carbons (Fsp3) is 0.778. The third kappa shape index (κ3) is 4.40. The lowest BCUT2D eigenvalue weighted by Gasteiger charge is -2.37. The molecule has 1 aromatic heterocycles. The van der Waals surface area contributed by atoms with Crippen LogP contribution in [-0.4, -0.2) is 75.0 Å². The van der Waals surface area contributed by atoms with E-state index in [1.54, 1.807) is 4.68 Å². The van der Waals surface area contributed by atoms with Crippen molar-refractivity contribution in [3.05, 3.63) is 18.0 Å². The molecule has 1 amide bonds. The van der Waals surface area contributed by atoms with Gasteiger partial charge in [-0.2, -0.15) is 5.10 Å². The quantitative estimate of drug-likeness (QED) is 0.775. The molecule has 1 unspecified atom stereocenters. The molecule has 2 aliphatic rings. The van der Waals surface area contributed by atoms with Crippen molar-refractivity contribution in [3.63, 3.8) is 0 Å². The molecule has 3 rings (SSSR count). The molecule has 0 aliphatic carbocycles. The number of aryl methyl sites for hydroxylation is 1. The zero-order valence-corrected chi connectivity index (χ0v) is 15.4. The van der Waals surface area contributed by atoms with E-state index >= 15 is 0 Å². The lowest BCUT2D eigenvalue weighted by Crippen LogP contribution is -2.55. The molecule has 7 nitrogen and oxygen atoms in total. The van der Waals surface area contributed by atoms with Crippen LogP contribution in [0, 0.1) is 0 Å². The van der Waals surface area contributed by atoms with Gasteiger partial charge in [-0.15, -0.1) is 0 Å². The maximum absolute atomic E-state index is 12.5. The number of likely N-dealkylation sites (N-methyl/N-ethyl adjacent to an activating group) is 1. The van der Waals surface area contributed by atoms with E-state index in [2.05, 4.69) is 27.1 Å². The number of nitrogens with one attached hydrogen (secondary N) is 1. The molecule has 2 fully saturated rings.